The molecule has 1 amide bonds. The SMILES string of the molecule is CCCN(Cc1cccc(N)c1)C(=O)C1(CC)CCCC1. The third kappa shape index (κ3) is 3.58. The first kappa shape index (κ1) is 15.9. The van der Waals surface area contributed by atoms with Crippen LogP contribution in [0.5, 0.6) is 0 Å². The zero-order chi connectivity index (χ0) is 15.3. The molecule has 1 aliphatic rings. The summed E-state index contributed by atoms with van der Waals surface area (Å²) in [5.41, 5.74) is 7.65. The molecule has 116 valence electrons. The molecule has 21 heavy (non-hydrogen) atoms. The number of nitrogens with two attached hydrogens (primary N) is 1. The molecule has 3 heteroatoms. The van der Waals surface area contributed by atoms with Crippen LogP contribution in [0.3, 0.4) is 0 Å². The molecule has 3 nitrogen and oxygen atoms in total. The Hall–Kier alpha value is -1.51. The van der Waals surface area contributed by atoms with Crippen molar-refractivity contribution in [2.75, 3.05) is 12.3 Å². The van der Waals surface area contributed by atoms with Crippen LogP contribution in [0.4, 0.5) is 5.69 Å². The van der Waals surface area contributed by atoms with Crippen molar-refractivity contribution in [3.8, 4) is 0 Å². The van der Waals surface area contributed by atoms with E-state index in [0.717, 1.165) is 43.5 Å². The summed E-state index contributed by atoms with van der Waals surface area (Å²) in [6.45, 7) is 5.80. The van der Waals surface area contributed by atoms with Crippen molar-refractivity contribution in [2.24, 2.45) is 5.41 Å². The van der Waals surface area contributed by atoms with Gasteiger partial charge in [0.25, 0.3) is 0 Å². The number of rotatable bonds is 6. The van der Waals surface area contributed by atoms with Crippen LogP contribution in [0.15, 0.2) is 24.3 Å². The fraction of sp³-hybridized carbons (Fsp3) is 0.611. The molecule has 0 saturated heterocycles. The molecular formula is C18H28N2O. The number of carbonyl (C=O) groups excluding carboxylic acids is 1. The molecule has 1 fully saturated rings. The zero-order valence-corrected chi connectivity index (χ0v) is 13.4. The Morgan fingerprint density at radius 3 is 2.57 bits per heavy atom. The first-order chi connectivity index (χ1) is 10.1. The van der Waals surface area contributed by atoms with E-state index < -0.39 is 0 Å². The van der Waals surface area contributed by atoms with Gasteiger partial charge in [-0.25, -0.2) is 0 Å². The van der Waals surface area contributed by atoms with Gasteiger partial charge >= 0.3 is 0 Å². The Balaban J connectivity index is 2.16. The topological polar surface area (TPSA) is 46.3 Å². The van der Waals surface area contributed by atoms with E-state index in [1.165, 1.54) is 12.8 Å². The Labute approximate surface area is 128 Å². The van der Waals surface area contributed by atoms with Crippen molar-refractivity contribution >= 4 is 11.6 Å². The highest BCUT2D eigenvalue weighted by molar-refractivity contribution is 5.83. The van der Waals surface area contributed by atoms with Crippen LogP contribution in [-0.4, -0.2) is 17.4 Å². The minimum Gasteiger partial charge on any atom is -0.399 e. The van der Waals surface area contributed by atoms with Crippen molar-refractivity contribution < 1.29 is 4.79 Å². The summed E-state index contributed by atoms with van der Waals surface area (Å²) in [6.07, 6.45) is 6.45. The van der Waals surface area contributed by atoms with E-state index in [2.05, 4.69) is 19.9 Å². The molecule has 2 rings (SSSR count). The second kappa shape index (κ2) is 6.97. The third-order valence-electron chi connectivity index (χ3n) is 4.80. The lowest BCUT2D eigenvalue weighted by Gasteiger charge is -2.34. The van der Waals surface area contributed by atoms with Gasteiger partial charge in [-0.15, -0.1) is 0 Å². The summed E-state index contributed by atoms with van der Waals surface area (Å²) in [4.78, 5) is 15.1. The molecule has 2 N–H and O–H groups in total. The maximum absolute atomic E-state index is 13.1. The van der Waals surface area contributed by atoms with Gasteiger partial charge in [-0.05, 0) is 43.4 Å². The third-order valence-corrected chi connectivity index (χ3v) is 4.80. The standard InChI is InChI=1S/C18H28N2O/c1-3-12-20(14-15-8-7-9-16(19)13-15)17(21)18(4-2)10-5-6-11-18/h7-9,13H,3-6,10-12,14,19H2,1-2H3. The molecule has 0 aromatic heterocycles. The van der Waals surface area contributed by atoms with E-state index in [0.29, 0.717) is 12.5 Å². The highest BCUT2D eigenvalue weighted by Crippen LogP contribution is 2.42. The van der Waals surface area contributed by atoms with Gasteiger partial charge in [-0.1, -0.05) is 38.8 Å². The molecule has 0 radical (unpaired) electrons. The highest BCUT2D eigenvalue weighted by atomic mass is 16.2. The van der Waals surface area contributed by atoms with Crippen LogP contribution < -0.4 is 5.73 Å². The second-order valence-corrected chi connectivity index (χ2v) is 6.31. The molecule has 0 heterocycles. The van der Waals surface area contributed by atoms with Crippen LogP contribution in [0.1, 0.15) is 57.9 Å². The molecular weight excluding hydrogens is 260 g/mol. The van der Waals surface area contributed by atoms with E-state index in [1.54, 1.807) is 0 Å². The molecule has 1 saturated carbocycles. The number of hydrogen-bond donors (Lipinski definition) is 1. The number of anilines is 1. The Morgan fingerprint density at radius 2 is 2.00 bits per heavy atom. The predicted octanol–water partition coefficient (Wildman–Crippen LogP) is 3.98. The lowest BCUT2D eigenvalue weighted by molar-refractivity contribution is -0.143. The van der Waals surface area contributed by atoms with Crippen molar-refractivity contribution in [1.29, 1.82) is 0 Å². The fourth-order valence-electron chi connectivity index (χ4n) is 3.54. The molecule has 0 unspecified atom stereocenters. The number of carbonyl (C=O) groups is 1. The van der Waals surface area contributed by atoms with Crippen LogP contribution in [0.2, 0.25) is 0 Å². The minimum absolute atomic E-state index is 0.102. The van der Waals surface area contributed by atoms with Gasteiger partial charge in [0.15, 0.2) is 0 Å². The number of nitrogen functional groups attached to an aromatic ring is 1. The van der Waals surface area contributed by atoms with Gasteiger partial charge in [0.05, 0.1) is 0 Å². The Bertz CT molecular complexity index is 478. The van der Waals surface area contributed by atoms with Gasteiger partial charge in [0, 0.05) is 24.2 Å². The smallest absolute Gasteiger partial charge is 0.229 e. The normalized spacial score (nSPS) is 16.9. The Kier molecular flexibility index (Phi) is 5.27. The predicted molar refractivity (Wildman–Crippen MR) is 87.8 cm³/mol. The maximum atomic E-state index is 13.1. The summed E-state index contributed by atoms with van der Waals surface area (Å²) in [5.74, 6) is 0.353. The van der Waals surface area contributed by atoms with Gasteiger partial charge in [0.2, 0.25) is 5.91 Å². The van der Waals surface area contributed by atoms with Crippen LogP contribution in [-0.2, 0) is 11.3 Å². The minimum atomic E-state index is -0.102. The number of benzene rings is 1. The average molecular weight is 288 g/mol. The first-order valence-corrected chi connectivity index (χ1v) is 8.25. The van der Waals surface area contributed by atoms with E-state index in [-0.39, 0.29) is 5.41 Å². The molecule has 0 bridgehead atoms. The van der Waals surface area contributed by atoms with E-state index in [4.69, 9.17) is 5.73 Å². The monoisotopic (exact) mass is 288 g/mol. The summed E-state index contributed by atoms with van der Waals surface area (Å²) in [6, 6.07) is 7.88. The molecule has 1 aliphatic carbocycles. The average Bonchev–Trinajstić information content (AvgIpc) is 2.96. The molecule has 1 aromatic rings. The van der Waals surface area contributed by atoms with E-state index in [1.807, 2.05) is 23.1 Å². The van der Waals surface area contributed by atoms with Crippen LogP contribution in [0, 0.1) is 5.41 Å². The molecule has 0 aliphatic heterocycles. The van der Waals surface area contributed by atoms with Gasteiger partial charge in [0.1, 0.15) is 0 Å². The highest BCUT2D eigenvalue weighted by Gasteiger charge is 2.41. The summed E-state index contributed by atoms with van der Waals surface area (Å²) < 4.78 is 0. The first-order valence-electron chi connectivity index (χ1n) is 8.25. The quantitative estimate of drug-likeness (QED) is 0.805. The van der Waals surface area contributed by atoms with Crippen LogP contribution in [0.25, 0.3) is 0 Å². The lowest BCUT2D eigenvalue weighted by atomic mass is 9.81. The Morgan fingerprint density at radius 1 is 1.29 bits per heavy atom. The molecule has 0 atom stereocenters. The van der Waals surface area contributed by atoms with Crippen molar-refractivity contribution in [2.45, 2.75) is 58.9 Å². The van der Waals surface area contributed by atoms with E-state index in [9.17, 15) is 4.79 Å². The van der Waals surface area contributed by atoms with Crippen molar-refractivity contribution in [3.05, 3.63) is 29.8 Å². The number of hydrogen-bond acceptors (Lipinski definition) is 2. The van der Waals surface area contributed by atoms with Gasteiger partial charge < -0.3 is 10.6 Å². The summed E-state index contributed by atoms with van der Waals surface area (Å²) >= 11 is 0. The van der Waals surface area contributed by atoms with Gasteiger partial charge in [-0.3, -0.25) is 4.79 Å². The maximum Gasteiger partial charge on any atom is 0.229 e. The number of nitrogens with zero attached hydrogens (tertiary/aromatic N) is 1. The summed E-state index contributed by atoms with van der Waals surface area (Å²) in [7, 11) is 0. The van der Waals surface area contributed by atoms with Crippen molar-refractivity contribution in [3.63, 3.8) is 0 Å². The van der Waals surface area contributed by atoms with Crippen LogP contribution >= 0.6 is 0 Å². The summed E-state index contributed by atoms with van der Waals surface area (Å²) in [5, 5.41) is 0. The molecule has 1 aromatic carbocycles. The zero-order valence-electron chi connectivity index (χ0n) is 13.4. The largest absolute Gasteiger partial charge is 0.399 e. The van der Waals surface area contributed by atoms with E-state index >= 15 is 0 Å². The van der Waals surface area contributed by atoms with Gasteiger partial charge in [-0.2, -0.15) is 0 Å². The molecule has 0 spiro atoms. The number of amides is 1. The van der Waals surface area contributed by atoms with Crippen molar-refractivity contribution in [1.82, 2.24) is 4.90 Å². The second-order valence-electron chi connectivity index (χ2n) is 6.31. The fourth-order valence-corrected chi connectivity index (χ4v) is 3.54. The lowest BCUT2D eigenvalue weighted by Crippen LogP contribution is -2.42.